The Kier molecular flexibility index (Phi) is 3.85. The molecule has 18 heavy (non-hydrogen) atoms. The van der Waals surface area contributed by atoms with Crippen molar-refractivity contribution in [1.82, 2.24) is 0 Å². The predicted molar refractivity (Wildman–Crippen MR) is 74.9 cm³/mol. The van der Waals surface area contributed by atoms with Crippen LogP contribution in [0.5, 0.6) is 0 Å². The highest BCUT2D eigenvalue weighted by atomic mass is 79.9. The number of carbonyl (C=O) groups excluding carboxylic acids is 2. The highest BCUT2D eigenvalue weighted by Gasteiger charge is 2.36. The number of ketones is 1. The molecule has 0 spiro atoms. The molecular formula is C14H16BrNO2. The molecule has 1 aliphatic rings. The molecule has 0 unspecified atom stereocenters. The topological polar surface area (TPSA) is 37.4 Å². The summed E-state index contributed by atoms with van der Waals surface area (Å²) in [5, 5.41) is 0. The van der Waals surface area contributed by atoms with Gasteiger partial charge in [-0.25, -0.2) is 0 Å². The number of fused-ring (bicyclic) bond motifs is 1. The molecule has 1 amide bonds. The lowest BCUT2D eigenvalue weighted by Gasteiger charge is -2.17. The number of hydrogen-bond acceptors (Lipinski definition) is 2. The van der Waals surface area contributed by atoms with E-state index in [-0.39, 0.29) is 0 Å². The lowest BCUT2D eigenvalue weighted by atomic mass is 10.1. The standard InChI is InChI=1S/C14H16BrNO2/c1-9(2)5-4-8-16-11-7-3-6-10(15)12(11)13(17)14(16)18/h3,6-7,9H,4-5,8H2,1-2H3. The molecule has 0 saturated carbocycles. The first kappa shape index (κ1) is 13.3. The Morgan fingerprint density at radius 3 is 2.67 bits per heavy atom. The van der Waals surface area contributed by atoms with Crippen molar-refractivity contribution in [1.29, 1.82) is 0 Å². The molecule has 3 nitrogen and oxygen atoms in total. The minimum atomic E-state index is -0.402. The second-order valence-electron chi connectivity index (χ2n) is 4.96. The van der Waals surface area contributed by atoms with Gasteiger partial charge in [0.2, 0.25) is 0 Å². The zero-order valence-corrected chi connectivity index (χ0v) is 12.2. The van der Waals surface area contributed by atoms with E-state index in [0.29, 0.717) is 22.5 Å². The van der Waals surface area contributed by atoms with Crippen LogP contribution in [-0.2, 0) is 4.79 Å². The second kappa shape index (κ2) is 5.22. The number of nitrogens with zero attached hydrogens (tertiary/aromatic N) is 1. The van der Waals surface area contributed by atoms with Gasteiger partial charge in [-0.15, -0.1) is 0 Å². The van der Waals surface area contributed by atoms with E-state index in [1.165, 1.54) is 0 Å². The van der Waals surface area contributed by atoms with Crippen LogP contribution >= 0.6 is 15.9 Å². The van der Waals surface area contributed by atoms with E-state index in [0.717, 1.165) is 18.5 Å². The quantitative estimate of drug-likeness (QED) is 0.799. The van der Waals surface area contributed by atoms with E-state index in [2.05, 4.69) is 29.8 Å². The van der Waals surface area contributed by atoms with Gasteiger partial charge in [-0.3, -0.25) is 9.59 Å². The normalized spacial score (nSPS) is 14.6. The minimum Gasteiger partial charge on any atom is -0.305 e. The van der Waals surface area contributed by atoms with Gasteiger partial charge in [-0.2, -0.15) is 0 Å². The summed E-state index contributed by atoms with van der Waals surface area (Å²) in [7, 11) is 0. The molecule has 0 bridgehead atoms. The summed E-state index contributed by atoms with van der Waals surface area (Å²) < 4.78 is 0.699. The summed E-state index contributed by atoms with van der Waals surface area (Å²) >= 11 is 3.33. The Morgan fingerprint density at radius 2 is 2.00 bits per heavy atom. The van der Waals surface area contributed by atoms with E-state index >= 15 is 0 Å². The molecule has 4 heteroatoms. The molecule has 1 aliphatic heterocycles. The van der Waals surface area contributed by atoms with E-state index in [1.807, 2.05) is 12.1 Å². The average molecular weight is 310 g/mol. The van der Waals surface area contributed by atoms with Gasteiger partial charge < -0.3 is 4.90 Å². The molecule has 0 atom stereocenters. The van der Waals surface area contributed by atoms with Crippen molar-refractivity contribution in [2.24, 2.45) is 5.92 Å². The van der Waals surface area contributed by atoms with Crippen LogP contribution in [0.25, 0.3) is 0 Å². The molecular weight excluding hydrogens is 294 g/mol. The maximum absolute atomic E-state index is 11.9. The molecule has 0 aromatic heterocycles. The Bertz CT molecular complexity index is 497. The Hall–Kier alpha value is -1.16. The fourth-order valence-corrected chi connectivity index (χ4v) is 2.72. The first-order valence-electron chi connectivity index (χ1n) is 6.17. The fourth-order valence-electron chi connectivity index (χ4n) is 2.18. The summed E-state index contributed by atoms with van der Waals surface area (Å²) in [5.74, 6) is -0.192. The number of anilines is 1. The Morgan fingerprint density at radius 1 is 1.28 bits per heavy atom. The van der Waals surface area contributed by atoms with Crippen molar-refractivity contribution in [2.75, 3.05) is 11.4 Å². The molecule has 96 valence electrons. The van der Waals surface area contributed by atoms with Crippen LogP contribution in [0.4, 0.5) is 5.69 Å². The summed E-state index contributed by atoms with van der Waals surface area (Å²) in [4.78, 5) is 25.5. The Balaban J connectivity index is 2.21. The van der Waals surface area contributed by atoms with Crippen molar-refractivity contribution >= 4 is 33.3 Å². The second-order valence-corrected chi connectivity index (χ2v) is 5.81. The van der Waals surface area contributed by atoms with E-state index in [1.54, 1.807) is 11.0 Å². The predicted octanol–water partition coefficient (Wildman–Crippen LogP) is 3.41. The van der Waals surface area contributed by atoms with Gasteiger partial charge >= 0.3 is 0 Å². The lowest BCUT2D eigenvalue weighted by Crippen LogP contribution is -2.30. The van der Waals surface area contributed by atoms with Gasteiger partial charge in [0.1, 0.15) is 0 Å². The van der Waals surface area contributed by atoms with Crippen LogP contribution in [0.15, 0.2) is 22.7 Å². The zero-order chi connectivity index (χ0) is 13.3. The van der Waals surface area contributed by atoms with Crippen LogP contribution in [-0.4, -0.2) is 18.2 Å². The van der Waals surface area contributed by atoms with Crippen molar-refractivity contribution in [3.05, 3.63) is 28.2 Å². The summed E-state index contributed by atoms with van der Waals surface area (Å²) in [6.45, 7) is 4.93. The van der Waals surface area contributed by atoms with Gasteiger partial charge in [0, 0.05) is 11.0 Å². The van der Waals surface area contributed by atoms with Crippen molar-refractivity contribution in [3.63, 3.8) is 0 Å². The van der Waals surface area contributed by atoms with Crippen LogP contribution in [0.3, 0.4) is 0 Å². The molecule has 0 radical (unpaired) electrons. The third-order valence-corrected chi connectivity index (χ3v) is 3.77. The maximum atomic E-state index is 11.9. The number of hydrogen-bond donors (Lipinski definition) is 0. The van der Waals surface area contributed by atoms with Gasteiger partial charge in [-0.05, 0) is 46.8 Å². The Labute approximate surface area is 115 Å². The largest absolute Gasteiger partial charge is 0.305 e. The fraction of sp³-hybridized carbons (Fsp3) is 0.429. The van der Waals surface area contributed by atoms with Gasteiger partial charge in [0.25, 0.3) is 11.7 Å². The molecule has 1 heterocycles. The number of halogens is 1. The molecule has 0 saturated heterocycles. The average Bonchev–Trinajstić information content (AvgIpc) is 2.55. The number of rotatable bonds is 4. The number of amides is 1. The van der Waals surface area contributed by atoms with Crippen molar-refractivity contribution in [3.8, 4) is 0 Å². The number of carbonyl (C=O) groups is 2. The number of Topliss-reactive ketones (excluding diaryl/α,β-unsaturated/α-hetero) is 1. The van der Waals surface area contributed by atoms with Crippen LogP contribution in [0.2, 0.25) is 0 Å². The third-order valence-electron chi connectivity index (χ3n) is 3.11. The molecule has 0 N–H and O–H groups in total. The summed E-state index contributed by atoms with van der Waals surface area (Å²) in [6, 6.07) is 5.48. The van der Waals surface area contributed by atoms with Gasteiger partial charge in [0.05, 0.1) is 11.3 Å². The van der Waals surface area contributed by atoms with Crippen molar-refractivity contribution in [2.45, 2.75) is 26.7 Å². The molecule has 1 aromatic rings. The van der Waals surface area contributed by atoms with E-state index in [9.17, 15) is 9.59 Å². The lowest BCUT2D eigenvalue weighted by molar-refractivity contribution is -0.114. The van der Waals surface area contributed by atoms with Gasteiger partial charge in [-0.1, -0.05) is 19.9 Å². The van der Waals surface area contributed by atoms with E-state index < -0.39 is 11.7 Å². The van der Waals surface area contributed by atoms with Gasteiger partial charge in [0.15, 0.2) is 0 Å². The van der Waals surface area contributed by atoms with Crippen LogP contribution in [0.1, 0.15) is 37.0 Å². The van der Waals surface area contributed by atoms with Crippen molar-refractivity contribution < 1.29 is 9.59 Å². The first-order valence-corrected chi connectivity index (χ1v) is 6.96. The maximum Gasteiger partial charge on any atom is 0.299 e. The summed E-state index contributed by atoms with van der Waals surface area (Å²) in [6.07, 6.45) is 1.98. The first-order chi connectivity index (χ1) is 8.52. The monoisotopic (exact) mass is 309 g/mol. The highest BCUT2D eigenvalue weighted by Crippen LogP contribution is 2.34. The van der Waals surface area contributed by atoms with E-state index in [4.69, 9.17) is 0 Å². The van der Waals surface area contributed by atoms with Crippen LogP contribution in [0, 0.1) is 5.92 Å². The highest BCUT2D eigenvalue weighted by molar-refractivity contribution is 9.10. The smallest absolute Gasteiger partial charge is 0.299 e. The van der Waals surface area contributed by atoms with Crippen LogP contribution < -0.4 is 4.90 Å². The minimum absolute atomic E-state index is 0.401. The molecule has 1 aromatic carbocycles. The third kappa shape index (κ3) is 2.34. The molecule has 0 fully saturated rings. The SMILES string of the molecule is CC(C)CCCN1C(=O)C(=O)c2c(Br)cccc21. The summed E-state index contributed by atoms with van der Waals surface area (Å²) in [5.41, 5.74) is 1.25. The zero-order valence-electron chi connectivity index (χ0n) is 10.6. The molecule has 0 aliphatic carbocycles. The number of benzene rings is 1. The molecule has 2 rings (SSSR count).